The lowest BCUT2D eigenvalue weighted by atomic mass is 9.84. The molecule has 0 unspecified atom stereocenters. The lowest BCUT2D eigenvalue weighted by Crippen LogP contribution is -2.23. The van der Waals surface area contributed by atoms with Crippen molar-refractivity contribution in [3.63, 3.8) is 0 Å². The Morgan fingerprint density at radius 1 is 0.906 bits per heavy atom. The summed E-state index contributed by atoms with van der Waals surface area (Å²) in [6, 6.07) is 15.4. The van der Waals surface area contributed by atoms with Crippen molar-refractivity contribution in [3.8, 4) is 17.2 Å². The van der Waals surface area contributed by atoms with E-state index in [9.17, 15) is 13.2 Å². The SMILES string of the molecule is Cc1ccc2c(n1)-c1cccc(n1)C(C)(C)c1cccc(n1)-n1nc(C(F)(F)F)cc1N2. The third-order valence-electron chi connectivity index (χ3n) is 5.52. The molecule has 1 N–H and O–H groups in total. The van der Waals surface area contributed by atoms with Gasteiger partial charge in [0.15, 0.2) is 11.5 Å². The largest absolute Gasteiger partial charge is 0.435 e. The number of fused-ring (bicyclic) bond motifs is 8. The molecule has 0 aromatic carbocycles. The third kappa shape index (κ3) is 3.30. The van der Waals surface area contributed by atoms with E-state index in [2.05, 4.69) is 20.4 Å². The molecule has 0 saturated carbocycles. The van der Waals surface area contributed by atoms with Gasteiger partial charge in [0.2, 0.25) is 0 Å². The van der Waals surface area contributed by atoms with Crippen molar-refractivity contribution in [2.45, 2.75) is 32.4 Å². The average Bonchev–Trinajstić information content (AvgIpc) is 3.19. The van der Waals surface area contributed by atoms with Crippen LogP contribution in [-0.2, 0) is 11.6 Å². The van der Waals surface area contributed by atoms with Crippen LogP contribution in [0, 0.1) is 6.92 Å². The number of alkyl halides is 3. The van der Waals surface area contributed by atoms with Gasteiger partial charge in [-0.1, -0.05) is 12.1 Å². The Bertz CT molecular complexity index is 1340. The van der Waals surface area contributed by atoms with E-state index < -0.39 is 17.3 Å². The maximum atomic E-state index is 13.5. The lowest BCUT2D eigenvalue weighted by molar-refractivity contribution is -0.141. The first-order chi connectivity index (χ1) is 15.1. The summed E-state index contributed by atoms with van der Waals surface area (Å²) in [5, 5.41) is 6.90. The number of halogens is 3. The van der Waals surface area contributed by atoms with Gasteiger partial charge in [0.25, 0.3) is 0 Å². The first-order valence-electron chi connectivity index (χ1n) is 10.0. The molecule has 162 valence electrons. The second-order valence-electron chi connectivity index (χ2n) is 8.21. The standard InChI is InChI=1S/C23H19F3N6/c1-13-10-11-15-21(27-13)14-6-4-7-16(28-14)22(2,3)17-8-5-9-19(30-17)32-20(29-15)12-18(31-32)23(24,25)26/h4-12,29H,1-3H3. The van der Waals surface area contributed by atoms with Gasteiger partial charge in [-0.05, 0) is 57.2 Å². The van der Waals surface area contributed by atoms with Crippen LogP contribution < -0.4 is 5.32 Å². The number of anilines is 2. The molecule has 4 aromatic heterocycles. The number of nitrogens with zero attached hydrogens (tertiary/aromatic N) is 5. The summed E-state index contributed by atoms with van der Waals surface area (Å²) in [6.07, 6.45) is -4.60. The van der Waals surface area contributed by atoms with Gasteiger partial charge in [-0.25, -0.2) is 9.97 Å². The van der Waals surface area contributed by atoms with Crippen LogP contribution in [0.1, 0.15) is 36.6 Å². The van der Waals surface area contributed by atoms with E-state index in [0.717, 1.165) is 17.5 Å². The normalized spacial score (nSPS) is 14.4. The van der Waals surface area contributed by atoms with Crippen molar-refractivity contribution >= 4 is 11.5 Å². The second kappa shape index (κ2) is 6.88. The van der Waals surface area contributed by atoms with E-state index >= 15 is 0 Å². The van der Waals surface area contributed by atoms with Crippen LogP contribution >= 0.6 is 0 Å². The van der Waals surface area contributed by atoms with Gasteiger partial charge in [0, 0.05) is 17.2 Å². The molecule has 0 aliphatic carbocycles. The minimum atomic E-state index is -4.60. The number of aromatic nitrogens is 5. The van der Waals surface area contributed by atoms with Crippen LogP contribution in [0.2, 0.25) is 0 Å². The molecule has 0 amide bonds. The molecule has 9 heteroatoms. The summed E-state index contributed by atoms with van der Waals surface area (Å²) in [5.41, 5.74) is 2.25. The maximum absolute atomic E-state index is 13.5. The number of aryl methyl sites for hydroxylation is 1. The Balaban J connectivity index is 1.84. The van der Waals surface area contributed by atoms with Crippen LogP contribution in [0.3, 0.4) is 0 Å². The van der Waals surface area contributed by atoms with E-state index in [4.69, 9.17) is 4.98 Å². The average molecular weight is 436 g/mol. The van der Waals surface area contributed by atoms with E-state index in [1.807, 2.05) is 45.0 Å². The molecule has 6 nitrogen and oxygen atoms in total. The van der Waals surface area contributed by atoms with Gasteiger partial charge in [-0.3, -0.25) is 4.98 Å². The van der Waals surface area contributed by atoms with Gasteiger partial charge >= 0.3 is 6.18 Å². The molecule has 4 aromatic rings. The Morgan fingerprint density at radius 3 is 2.38 bits per heavy atom. The molecule has 0 fully saturated rings. The highest BCUT2D eigenvalue weighted by Gasteiger charge is 2.36. The predicted octanol–water partition coefficient (Wildman–Crippen LogP) is 5.43. The quantitative estimate of drug-likeness (QED) is 0.398. The number of pyridine rings is 3. The Kier molecular flexibility index (Phi) is 4.34. The first kappa shape index (κ1) is 20.2. The highest BCUT2D eigenvalue weighted by atomic mass is 19.4. The Labute approximate surface area is 182 Å². The summed E-state index contributed by atoms with van der Waals surface area (Å²) < 4.78 is 41.7. The molecule has 0 saturated heterocycles. The monoisotopic (exact) mass is 436 g/mol. The Hall–Kier alpha value is -3.75. The van der Waals surface area contributed by atoms with E-state index in [-0.39, 0.29) is 11.6 Å². The predicted molar refractivity (Wildman–Crippen MR) is 114 cm³/mol. The van der Waals surface area contributed by atoms with Crippen molar-refractivity contribution in [1.29, 1.82) is 0 Å². The summed E-state index contributed by atoms with van der Waals surface area (Å²) in [5.74, 6) is 0.398. The van der Waals surface area contributed by atoms with Gasteiger partial charge in [-0.15, -0.1) is 0 Å². The topological polar surface area (TPSA) is 68.5 Å². The van der Waals surface area contributed by atoms with Crippen LogP contribution in [-0.4, -0.2) is 24.7 Å². The smallest absolute Gasteiger partial charge is 0.338 e. The van der Waals surface area contributed by atoms with Crippen LogP contribution in [0.4, 0.5) is 24.7 Å². The van der Waals surface area contributed by atoms with Crippen molar-refractivity contribution in [2.24, 2.45) is 0 Å². The van der Waals surface area contributed by atoms with Gasteiger partial charge in [-0.2, -0.15) is 23.0 Å². The number of hydrogen-bond acceptors (Lipinski definition) is 5. The van der Waals surface area contributed by atoms with Crippen LogP contribution in [0.5, 0.6) is 0 Å². The molecular weight excluding hydrogens is 417 g/mol. The van der Waals surface area contributed by atoms with E-state index in [1.54, 1.807) is 24.3 Å². The molecule has 0 atom stereocenters. The molecule has 1 aliphatic rings. The molecule has 32 heavy (non-hydrogen) atoms. The molecular formula is C23H19F3N6. The zero-order valence-electron chi connectivity index (χ0n) is 17.6. The number of nitrogens with one attached hydrogen (secondary N) is 1. The number of rotatable bonds is 0. The highest BCUT2D eigenvalue weighted by molar-refractivity contribution is 5.76. The molecule has 0 radical (unpaired) electrons. The van der Waals surface area contributed by atoms with Crippen molar-refractivity contribution < 1.29 is 13.2 Å². The summed E-state index contributed by atoms with van der Waals surface area (Å²) in [6.45, 7) is 5.81. The minimum absolute atomic E-state index is 0.128. The maximum Gasteiger partial charge on any atom is 0.435 e. The fraction of sp³-hybridized carbons (Fsp3) is 0.217. The highest BCUT2D eigenvalue weighted by Crippen LogP contribution is 2.36. The molecule has 5 heterocycles. The fourth-order valence-electron chi connectivity index (χ4n) is 3.71. The summed E-state index contributed by atoms with van der Waals surface area (Å²) >= 11 is 0. The van der Waals surface area contributed by atoms with Crippen molar-refractivity contribution in [3.05, 3.63) is 77.4 Å². The van der Waals surface area contributed by atoms with E-state index in [0.29, 0.717) is 22.8 Å². The minimum Gasteiger partial charge on any atom is -0.338 e. The fourth-order valence-corrected chi connectivity index (χ4v) is 3.71. The van der Waals surface area contributed by atoms with Gasteiger partial charge in [0.1, 0.15) is 11.5 Å². The second-order valence-corrected chi connectivity index (χ2v) is 8.21. The van der Waals surface area contributed by atoms with Gasteiger partial charge in [0.05, 0.1) is 22.8 Å². The molecule has 0 spiro atoms. The molecule has 5 rings (SSSR count). The van der Waals surface area contributed by atoms with Crippen LogP contribution in [0.25, 0.3) is 17.2 Å². The van der Waals surface area contributed by atoms with Crippen LogP contribution in [0.15, 0.2) is 54.6 Å². The van der Waals surface area contributed by atoms with Crippen molar-refractivity contribution in [2.75, 3.05) is 5.32 Å². The third-order valence-corrected chi connectivity index (χ3v) is 5.52. The van der Waals surface area contributed by atoms with E-state index in [1.165, 1.54) is 4.68 Å². The number of hydrogen-bond donors (Lipinski definition) is 1. The van der Waals surface area contributed by atoms with Crippen molar-refractivity contribution in [1.82, 2.24) is 24.7 Å². The first-order valence-corrected chi connectivity index (χ1v) is 10.0. The summed E-state index contributed by atoms with van der Waals surface area (Å²) in [4.78, 5) is 14.1. The Morgan fingerprint density at radius 2 is 1.62 bits per heavy atom. The zero-order valence-corrected chi connectivity index (χ0v) is 17.6. The van der Waals surface area contributed by atoms with Gasteiger partial charge < -0.3 is 5.32 Å². The zero-order chi connectivity index (χ0) is 22.7. The summed E-state index contributed by atoms with van der Waals surface area (Å²) in [7, 11) is 0. The molecule has 4 bridgehead atoms. The molecule has 1 aliphatic heterocycles. The lowest BCUT2D eigenvalue weighted by Gasteiger charge is -2.25.